The highest BCUT2D eigenvalue weighted by molar-refractivity contribution is 8.76. The molecule has 8 heteroatoms. The number of likely N-dealkylation sites (tertiary alicyclic amines) is 1. The number of β-amino-alcohol motifs (C(OH)–C–C–N with tert-alkyl or cyclic N) is 1. The molecule has 1 saturated heterocycles. The number of unbranched alkanes of at least 4 members (excludes halogenated alkanes) is 2. The summed E-state index contributed by atoms with van der Waals surface area (Å²) >= 11 is 0. The van der Waals surface area contributed by atoms with E-state index in [1.807, 2.05) is 23.1 Å². The summed E-state index contributed by atoms with van der Waals surface area (Å²) in [5.74, 6) is 0.971. The van der Waals surface area contributed by atoms with Gasteiger partial charge >= 0.3 is 0 Å². The van der Waals surface area contributed by atoms with Crippen LogP contribution >= 0.6 is 21.6 Å². The van der Waals surface area contributed by atoms with Gasteiger partial charge in [0.25, 0.3) is 0 Å². The van der Waals surface area contributed by atoms with Gasteiger partial charge in [-0.2, -0.15) is 0 Å². The van der Waals surface area contributed by atoms with Gasteiger partial charge in [0, 0.05) is 43.9 Å². The first-order valence-corrected chi connectivity index (χ1v) is 12.4. The normalized spacial score (nSPS) is 19.0. The Morgan fingerprint density at radius 2 is 2.14 bits per heavy atom. The zero-order valence-electron chi connectivity index (χ0n) is 16.5. The maximum atomic E-state index is 12.3. The molecular weight excluding hydrogens is 394 g/mol. The van der Waals surface area contributed by atoms with E-state index in [4.69, 9.17) is 0 Å². The van der Waals surface area contributed by atoms with Crippen LogP contribution < -0.4 is 5.32 Å². The lowest BCUT2D eigenvalue weighted by molar-refractivity contribution is -0.132. The highest BCUT2D eigenvalue weighted by Gasteiger charge is 2.32. The molecule has 1 aromatic heterocycles. The van der Waals surface area contributed by atoms with E-state index < -0.39 is 0 Å². The summed E-state index contributed by atoms with van der Waals surface area (Å²) in [6.45, 7) is 3.19. The van der Waals surface area contributed by atoms with Crippen LogP contribution in [-0.2, 0) is 9.59 Å². The van der Waals surface area contributed by atoms with E-state index in [0.29, 0.717) is 32.4 Å². The molecule has 1 fully saturated rings. The smallest absolute Gasteiger partial charge is 0.222 e. The molecule has 156 valence electrons. The molecule has 2 N–H and O–H groups in total. The second kappa shape index (κ2) is 13.1. The van der Waals surface area contributed by atoms with Crippen LogP contribution in [0.25, 0.3) is 0 Å². The topological polar surface area (TPSA) is 82.5 Å². The quantitative estimate of drug-likeness (QED) is 0.395. The highest BCUT2D eigenvalue weighted by atomic mass is 33.1. The van der Waals surface area contributed by atoms with Crippen LogP contribution in [0.15, 0.2) is 29.4 Å². The minimum atomic E-state index is -0.371. The van der Waals surface area contributed by atoms with E-state index in [-0.39, 0.29) is 24.0 Å². The Balaban J connectivity index is 1.45. The van der Waals surface area contributed by atoms with E-state index >= 15 is 0 Å². The number of amides is 2. The van der Waals surface area contributed by atoms with E-state index in [1.54, 1.807) is 27.8 Å². The predicted molar refractivity (Wildman–Crippen MR) is 115 cm³/mol. The second-order valence-electron chi connectivity index (χ2n) is 6.98. The third-order valence-corrected chi connectivity index (χ3v) is 7.03. The summed E-state index contributed by atoms with van der Waals surface area (Å²) in [4.78, 5) is 30.2. The number of nitrogens with one attached hydrogen (secondary N) is 1. The Morgan fingerprint density at radius 1 is 1.29 bits per heavy atom. The van der Waals surface area contributed by atoms with Crippen LogP contribution in [0.3, 0.4) is 0 Å². The van der Waals surface area contributed by atoms with Crippen molar-refractivity contribution in [1.29, 1.82) is 0 Å². The van der Waals surface area contributed by atoms with E-state index in [2.05, 4.69) is 17.2 Å². The van der Waals surface area contributed by atoms with Gasteiger partial charge in [0.05, 0.1) is 6.10 Å². The number of nitrogens with zero attached hydrogens (tertiary/aromatic N) is 2. The molecule has 2 rings (SSSR count). The maximum Gasteiger partial charge on any atom is 0.222 e. The van der Waals surface area contributed by atoms with Crippen molar-refractivity contribution in [2.24, 2.45) is 0 Å². The van der Waals surface area contributed by atoms with Gasteiger partial charge < -0.3 is 15.3 Å². The molecule has 6 nitrogen and oxygen atoms in total. The van der Waals surface area contributed by atoms with Gasteiger partial charge in [-0.15, -0.1) is 0 Å². The van der Waals surface area contributed by atoms with Crippen molar-refractivity contribution in [1.82, 2.24) is 15.2 Å². The van der Waals surface area contributed by atoms with Gasteiger partial charge in [0.2, 0.25) is 11.8 Å². The van der Waals surface area contributed by atoms with Gasteiger partial charge in [-0.05, 0) is 48.6 Å². The number of aromatic nitrogens is 1. The summed E-state index contributed by atoms with van der Waals surface area (Å²) in [6, 6.07) is 5.98. The van der Waals surface area contributed by atoms with Crippen molar-refractivity contribution >= 4 is 33.4 Å². The maximum absolute atomic E-state index is 12.3. The monoisotopic (exact) mass is 425 g/mol. The summed E-state index contributed by atoms with van der Waals surface area (Å²) in [7, 11) is 3.22. The molecule has 28 heavy (non-hydrogen) atoms. The van der Waals surface area contributed by atoms with Crippen LogP contribution in [0.1, 0.15) is 51.9 Å². The van der Waals surface area contributed by atoms with Crippen LogP contribution in [0, 0.1) is 0 Å². The Morgan fingerprint density at radius 3 is 2.89 bits per heavy atom. The lowest BCUT2D eigenvalue weighted by Gasteiger charge is -2.23. The molecular formula is C20H31N3O3S2. The van der Waals surface area contributed by atoms with Crippen molar-refractivity contribution in [2.45, 2.75) is 69.0 Å². The summed E-state index contributed by atoms with van der Waals surface area (Å²) < 4.78 is 0. The lowest BCUT2D eigenvalue weighted by atomic mass is 10.1. The standard InChI is InChI=1S/C20H31N3O3S2/c1-2-16-14-17(24)15-23(16)20(26)9-4-3-6-11-21-18(25)10-13-27-28-19-8-5-7-12-22-19/h5,7-8,12,16-17,24H,2-4,6,9-11,13-15H2,1H3,(H,21,25)/t16-,17-/m1/s1. The number of aliphatic hydroxyl groups is 1. The highest BCUT2D eigenvalue weighted by Crippen LogP contribution is 2.29. The molecule has 0 unspecified atom stereocenters. The number of carbonyl (C=O) groups excluding carboxylic acids is 2. The molecule has 0 radical (unpaired) electrons. The first kappa shape index (κ1) is 23.0. The van der Waals surface area contributed by atoms with Crippen LogP contribution in [0.2, 0.25) is 0 Å². The zero-order valence-corrected chi connectivity index (χ0v) is 18.1. The average Bonchev–Trinajstić information content (AvgIpc) is 3.09. The number of hydrogen-bond acceptors (Lipinski definition) is 6. The summed E-state index contributed by atoms with van der Waals surface area (Å²) in [6.07, 6.45) is 6.65. The first-order chi connectivity index (χ1) is 13.6. The average molecular weight is 426 g/mol. The Labute approximate surface area is 175 Å². The van der Waals surface area contributed by atoms with Gasteiger partial charge in [-0.1, -0.05) is 30.2 Å². The molecule has 0 aliphatic carbocycles. The molecule has 1 aromatic rings. The first-order valence-electron chi connectivity index (χ1n) is 10.0. The third-order valence-electron chi connectivity index (χ3n) is 4.77. The largest absolute Gasteiger partial charge is 0.391 e. The molecule has 2 atom stereocenters. The fourth-order valence-corrected chi connectivity index (χ4v) is 5.12. The third kappa shape index (κ3) is 8.41. The molecule has 1 aliphatic heterocycles. The molecule has 0 aromatic carbocycles. The van der Waals surface area contributed by atoms with Gasteiger partial charge in [-0.3, -0.25) is 9.59 Å². The molecule has 0 spiro atoms. The SMILES string of the molecule is CC[C@@H]1C[C@@H](O)CN1C(=O)CCCCCNC(=O)CCSSc1ccccn1. The molecule has 1 aliphatic rings. The van der Waals surface area contributed by atoms with Crippen molar-refractivity contribution in [3.8, 4) is 0 Å². The summed E-state index contributed by atoms with van der Waals surface area (Å²) in [5.41, 5.74) is 0. The van der Waals surface area contributed by atoms with E-state index in [1.165, 1.54) is 0 Å². The van der Waals surface area contributed by atoms with Gasteiger partial charge in [-0.25, -0.2) is 4.98 Å². The van der Waals surface area contributed by atoms with Crippen molar-refractivity contribution in [3.05, 3.63) is 24.4 Å². The van der Waals surface area contributed by atoms with Crippen LogP contribution in [0.5, 0.6) is 0 Å². The fraction of sp³-hybridized carbons (Fsp3) is 0.650. The number of rotatable bonds is 12. The van der Waals surface area contributed by atoms with E-state index in [9.17, 15) is 14.7 Å². The predicted octanol–water partition coefficient (Wildman–Crippen LogP) is 3.26. The number of carbonyl (C=O) groups is 2. The summed E-state index contributed by atoms with van der Waals surface area (Å²) in [5, 5.41) is 13.6. The van der Waals surface area contributed by atoms with E-state index in [0.717, 1.165) is 36.5 Å². The molecule has 2 amide bonds. The zero-order chi connectivity index (χ0) is 20.2. The molecule has 0 bridgehead atoms. The number of hydrogen-bond donors (Lipinski definition) is 2. The lowest BCUT2D eigenvalue weighted by Crippen LogP contribution is -2.35. The van der Waals surface area contributed by atoms with Crippen molar-refractivity contribution < 1.29 is 14.7 Å². The number of pyridine rings is 1. The molecule has 0 saturated carbocycles. The minimum absolute atomic E-state index is 0.0713. The fourth-order valence-electron chi connectivity index (χ4n) is 3.26. The van der Waals surface area contributed by atoms with Crippen LogP contribution in [0.4, 0.5) is 0 Å². The second-order valence-corrected chi connectivity index (χ2v) is 9.42. The van der Waals surface area contributed by atoms with Crippen LogP contribution in [-0.4, -0.2) is 57.8 Å². The van der Waals surface area contributed by atoms with Gasteiger partial charge in [0.1, 0.15) is 5.03 Å². The van der Waals surface area contributed by atoms with Gasteiger partial charge in [0.15, 0.2) is 0 Å². The Hall–Kier alpha value is -1.25. The Bertz CT molecular complexity index is 604. The Kier molecular flexibility index (Phi) is 10.7. The van der Waals surface area contributed by atoms with Crippen molar-refractivity contribution in [2.75, 3.05) is 18.8 Å². The molecule has 2 heterocycles. The van der Waals surface area contributed by atoms with Crippen molar-refractivity contribution in [3.63, 3.8) is 0 Å². The minimum Gasteiger partial charge on any atom is -0.391 e. The number of aliphatic hydroxyl groups excluding tert-OH is 1.